The topological polar surface area (TPSA) is 97.4 Å². The number of esters is 1. The molecule has 0 aliphatic rings. The largest absolute Gasteiger partial charge is 0.462 e. The third kappa shape index (κ3) is 6.19. The molecule has 7 heteroatoms. The molecule has 28 heavy (non-hydrogen) atoms. The first-order valence-electron chi connectivity index (χ1n) is 9.22. The Hall–Kier alpha value is -3.22. The molecule has 0 atom stereocenters. The van der Waals surface area contributed by atoms with Gasteiger partial charge in [0.25, 0.3) is 11.8 Å². The summed E-state index contributed by atoms with van der Waals surface area (Å²) in [4.78, 5) is 40.3. The molecule has 2 N–H and O–H groups in total. The molecule has 0 unspecified atom stereocenters. The highest BCUT2D eigenvalue weighted by molar-refractivity contribution is 6.06. The highest BCUT2D eigenvalue weighted by atomic mass is 16.5. The third-order valence-corrected chi connectivity index (χ3v) is 3.92. The summed E-state index contributed by atoms with van der Waals surface area (Å²) in [7, 11) is 0. The minimum Gasteiger partial charge on any atom is -0.462 e. The van der Waals surface area contributed by atoms with E-state index in [-0.39, 0.29) is 11.5 Å². The summed E-state index contributed by atoms with van der Waals surface area (Å²) < 4.78 is 4.92. The number of rotatable bonds is 8. The minimum absolute atomic E-state index is 0.262. The van der Waals surface area contributed by atoms with Gasteiger partial charge in [0.05, 0.1) is 23.3 Å². The van der Waals surface area contributed by atoms with Crippen molar-refractivity contribution in [3.05, 3.63) is 59.4 Å². The van der Waals surface area contributed by atoms with Crippen molar-refractivity contribution in [2.75, 3.05) is 18.5 Å². The van der Waals surface area contributed by atoms with Crippen LogP contribution in [0, 0.1) is 5.92 Å². The Morgan fingerprint density at radius 2 is 1.64 bits per heavy atom. The standard InChI is InChI=1S/C21H25N3O4/c1-4-28-21(27)15-5-7-18(8-6-15)24-20(26)17-11-16(12-22-13-17)19(25)23-10-9-14(2)3/h5-8,11-14H,4,9-10H2,1-3H3,(H,23,25)(H,24,26). The molecule has 1 heterocycles. The molecule has 0 radical (unpaired) electrons. The first-order chi connectivity index (χ1) is 13.4. The molecule has 2 amide bonds. The number of hydrogen-bond donors (Lipinski definition) is 2. The van der Waals surface area contributed by atoms with Crippen LogP contribution >= 0.6 is 0 Å². The average Bonchev–Trinajstić information content (AvgIpc) is 2.68. The number of nitrogens with zero attached hydrogens (tertiary/aromatic N) is 1. The van der Waals surface area contributed by atoms with E-state index in [0.717, 1.165) is 6.42 Å². The van der Waals surface area contributed by atoms with Gasteiger partial charge in [-0.05, 0) is 49.6 Å². The monoisotopic (exact) mass is 383 g/mol. The molecular weight excluding hydrogens is 358 g/mol. The van der Waals surface area contributed by atoms with Crippen molar-refractivity contribution < 1.29 is 19.1 Å². The second-order valence-electron chi connectivity index (χ2n) is 6.65. The molecule has 0 aliphatic heterocycles. The Labute approximate surface area is 164 Å². The zero-order valence-corrected chi connectivity index (χ0v) is 16.3. The molecule has 0 fully saturated rings. The Bertz CT molecular complexity index is 832. The van der Waals surface area contributed by atoms with Crippen molar-refractivity contribution in [2.24, 2.45) is 5.92 Å². The quantitative estimate of drug-likeness (QED) is 0.682. The van der Waals surface area contributed by atoms with Crippen LogP contribution in [0.5, 0.6) is 0 Å². The summed E-state index contributed by atoms with van der Waals surface area (Å²) in [6, 6.07) is 7.87. The molecule has 1 aromatic carbocycles. The Morgan fingerprint density at radius 3 is 2.25 bits per heavy atom. The average molecular weight is 383 g/mol. The van der Waals surface area contributed by atoms with Crippen molar-refractivity contribution in [1.29, 1.82) is 0 Å². The zero-order chi connectivity index (χ0) is 20.5. The van der Waals surface area contributed by atoms with E-state index in [9.17, 15) is 14.4 Å². The van der Waals surface area contributed by atoms with Crippen LogP contribution in [0.1, 0.15) is 58.3 Å². The maximum atomic E-state index is 12.4. The molecule has 2 rings (SSSR count). The van der Waals surface area contributed by atoms with E-state index in [0.29, 0.717) is 35.9 Å². The van der Waals surface area contributed by atoms with Gasteiger partial charge < -0.3 is 15.4 Å². The number of hydrogen-bond acceptors (Lipinski definition) is 5. The van der Waals surface area contributed by atoms with Crippen LogP contribution in [-0.2, 0) is 4.74 Å². The predicted molar refractivity (Wildman–Crippen MR) is 106 cm³/mol. The van der Waals surface area contributed by atoms with Crippen molar-refractivity contribution in [2.45, 2.75) is 27.2 Å². The summed E-state index contributed by atoms with van der Waals surface area (Å²) >= 11 is 0. The fraction of sp³-hybridized carbons (Fsp3) is 0.333. The van der Waals surface area contributed by atoms with Gasteiger partial charge in [0, 0.05) is 24.6 Å². The van der Waals surface area contributed by atoms with E-state index < -0.39 is 11.9 Å². The van der Waals surface area contributed by atoms with Crippen LogP contribution in [0.2, 0.25) is 0 Å². The first kappa shape index (κ1) is 21.1. The summed E-state index contributed by atoms with van der Waals surface area (Å²) in [6.45, 7) is 6.76. The van der Waals surface area contributed by atoms with Crippen molar-refractivity contribution in [3.8, 4) is 0 Å². The van der Waals surface area contributed by atoms with Gasteiger partial charge in [0.15, 0.2) is 0 Å². The highest BCUT2D eigenvalue weighted by Gasteiger charge is 2.12. The zero-order valence-electron chi connectivity index (χ0n) is 16.3. The SMILES string of the molecule is CCOC(=O)c1ccc(NC(=O)c2cncc(C(=O)NCCC(C)C)c2)cc1. The summed E-state index contributed by atoms with van der Waals surface area (Å²) in [5.41, 5.74) is 1.52. The number of benzene rings is 1. The first-order valence-corrected chi connectivity index (χ1v) is 9.22. The van der Waals surface area contributed by atoms with Crippen LogP contribution in [0.4, 0.5) is 5.69 Å². The van der Waals surface area contributed by atoms with Gasteiger partial charge >= 0.3 is 5.97 Å². The van der Waals surface area contributed by atoms with Crippen LogP contribution in [-0.4, -0.2) is 35.9 Å². The van der Waals surface area contributed by atoms with Crippen LogP contribution < -0.4 is 10.6 Å². The van der Waals surface area contributed by atoms with E-state index in [1.54, 1.807) is 31.2 Å². The Morgan fingerprint density at radius 1 is 1.00 bits per heavy atom. The lowest BCUT2D eigenvalue weighted by Crippen LogP contribution is -2.26. The number of carbonyl (C=O) groups excluding carboxylic acids is 3. The Balaban J connectivity index is 2.00. The van der Waals surface area contributed by atoms with Gasteiger partial charge in [-0.15, -0.1) is 0 Å². The minimum atomic E-state index is -0.416. The van der Waals surface area contributed by atoms with Crippen molar-refractivity contribution in [1.82, 2.24) is 10.3 Å². The molecule has 0 saturated carbocycles. The molecule has 2 aromatic rings. The normalized spacial score (nSPS) is 10.4. The van der Waals surface area contributed by atoms with Crippen molar-refractivity contribution >= 4 is 23.5 Å². The van der Waals surface area contributed by atoms with Gasteiger partial charge in [-0.1, -0.05) is 13.8 Å². The summed E-state index contributed by atoms with van der Waals surface area (Å²) in [5.74, 6) is -0.582. The van der Waals surface area contributed by atoms with Gasteiger partial charge in [0.1, 0.15) is 0 Å². The number of anilines is 1. The van der Waals surface area contributed by atoms with Gasteiger partial charge in [-0.3, -0.25) is 14.6 Å². The van der Waals surface area contributed by atoms with Crippen molar-refractivity contribution in [3.63, 3.8) is 0 Å². The number of pyridine rings is 1. The van der Waals surface area contributed by atoms with Gasteiger partial charge in [-0.25, -0.2) is 4.79 Å². The van der Waals surface area contributed by atoms with Crippen LogP contribution in [0.25, 0.3) is 0 Å². The van der Waals surface area contributed by atoms with Gasteiger partial charge in [-0.2, -0.15) is 0 Å². The van der Waals surface area contributed by atoms with Gasteiger partial charge in [0.2, 0.25) is 0 Å². The van der Waals surface area contributed by atoms with E-state index in [1.807, 2.05) is 0 Å². The number of amides is 2. The van der Waals surface area contributed by atoms with E-state index in [1.165, 1.54) is 18.5 Å². The lowest BCUT2D eigenvalue weighted by atomic mass is 10.1. The van der Waals surface area contributed by atoms with Crippen LogP contribution in [0.3, 0.4) is 0 Å². The second-order valence-corrected chi connectivity index (χ2v) is 6.65. The highest BCUT2D eigenvalue weighted by Crippen LogP contribution is 2.13. The number of ether oxygens (including phenoxy) is 1. The molecule has 0 aliphatic carbocycles. The maximum Gasteiger partial charge on any atom is 0.338 e. The Kier molecular flexibility index (Phi) is 7.68. The van der Waals surface area contributed by atoms with E-state index in [2.05, 4.69) is 29.5 Å². The molecule has 0 bridgehead atoms. The van der Waals surface area contributed by atoms with E-state index >= 15 is 0 Å². The van der Waals surface area contributed by atoms with E-state index in [4.69, 9.17) is 4.74 Å². The number of nitrogens with one attached hydrogen (secondary N) is 2. The fourth-order valence-corrected chi connectivity index (χ4v) is 2.37. The maximum absolute atomic E-state index is 12.4. The molecule has 148 valence electrons. The number of carbonyl (C=O) groups is 3. The smallest absolute Gasteiger partial charge is 0.338 e. The molecule has 1 aromatic heterocycles. The predicted octanol–water partition coefficient (Wildman–Crippen LogP) is 3.29. The summed E-state index contributed by atoms with van der Waals surface area (Å²) in [6.07, 6.45) is 3.70. The molecule has 0 saturated heterocycles. The summed E-state index contributed by atoms with van der Waals surface area (Å²) in [5, 5.41) is 5.54. The number of aromatic nitrogens is 1. The molecular formula is C21H25N3O4. The molecule has 7 nitrogen and oxygen atoms in total. The fourth-order valence-electron chi connectivity index (χ4n) is 2.37. The second kappa shape index (κ2) is 10.2. The molecule has 0 spiro atoms. The van der Waals surface area contributed by atoms with Crippen LogP contribution in [0.15, 0.2) is 42.7 Å². The lowest BCUT2D eigenvalue weighted by Gasteiger charge is -2.09. The lowest BCUT2D eigenvalue weighted by molar-refractivity contribution is 0.0526. The third-order valence-electron chi connectivity index (χ3n) is 3.92.